The van der Waals surface area contributed by atoms with Crippen LogP contribution in [0.2, 0.25) is 0 Å². The average Bonchev–Trinajstić information content (AvgIpc) is 2.89. The van der Waals surface area contributed by atoms with Gasteiger partial charge in [-0.2, -0.15) is 5.26 Å². The minimum Gasteiger partial charge on any atom is -0.489 e. The summed E-state index contributed by atoms with van der Waals surface area (Å²) >= 11 is 0. The number of benzene rings is 1. The number of nitriles is 1. The molecule has 3 aliphatic rings. The van der Waals surface area contributed by atoms with Crippen LogP contribution in [0, 0.1) is 16.7 Å². The van der Waals surface area contributed by atoms with Crippen molar-refractivity contribution < 1.29 is 23.8 Å². The van der Waals surface area contributed by atoms with Gasteiger partial charge in [-0.05, 0) is 49.7 Å². The van der Waals surface area contributed by atoms with E-state index in [2.05, 4.69) is 6.07 Å². The minimum absolute atomic E-state index is 0.00440. The van der Waals surface area contributed by atoms with E-state index in [-0.39, 0.29) is 47.9 Å². The maximum Gasteiger partial charge on any atom is 0.257 e. The van der Waals surface area contributed by atoms with Gasteiger partial charge in [0.25, 0.3) is 5.91 Å². The summed E-state index contributed by atoms with van der Waals surface area (Å²) in [6, 6.07) is 7.26. The molecule has 1 saturated heterocycles. The second-order valence-electron chi connectivity index (χ2n) is 10.8. The van der Waals surface area contributed by atoms with Gasteiger partial charge in [0.1, 0.15) is 24.5 Å². The van der Waals surface area contributed by atoms with Gasteiger partial charge in [-0.1, -0.05) is 25.3 Å². The molecule has 36 heavy (non-hydrogen) atoms. The molecule has 1 saturated carbocycles. The topological polar surface area (TPSA) is 92.1 Å². The van der Waals surface area contributed by atoms with Crippen molar-refractivity contribution in [2.45, 2.75) is 76.1 Å². The van der Waals surface area contributed by atoms with Crippen LogP contribution in [-0.2, 0) is 14.3 Å². The lowest BCUT2D eigenvalue weighted by Crippen LogP contribution is -2.46. The number of hydrogen-bond acceptors (Lipinski definition) is 6. The number of carbonyl (C=O) groups excluding carboxylic acids is 2. The van der Waals surface area contributed by atoms with Crippen LogP contribution < -0.4 is 4.74 Å². The first-order chi connectivity index (χ1) is 17.4. The number of para-hydroxylation sites is 1. The van der Waals surface area contributed by atoms with Gasteiger partial charge in [-0.25, -0.2) is 0 Å². The van der Waals surface area contributed by atoms with Gasteiger partial charge in [0.15, 0.2) is 0 Å². The highest BCUT2D eigenvalue weighted by Gasteiger charge is 2.39. The summed E-state index contributed by atoms with van der Waals surface area (Å²) in [5.74, 6) is 0.214. The van der Waals surface area contributed by atoms with Gasteiger partial charge >= 0.3 is 0 Å². The van der Waals surface area contributed by atoms with Crippen LogP contribution in [0.1, 0.15) is 73.7 Å². The predicted molar refractivity (Wildman–Crippen MR) is 135 cm³/mol. The van der Waals surface area contributed by atoms with Crippen LogP contribution in [0.3, 0.4) is 0 Å². The summed E-state index contributed by atoms with van der Waals surface area (Å²) in [6.07, 6.45) is 7.53. The number of carbonyl (C=O) groups is 2. The third-order valence-electron chi connectivity index (χ3n) is 8.19. The summed E-state index contributed by atoms with van der Waals surface area (Å²) in [4.78, 5) is 30.6. The molecule has 0 aromatic heterocycles. The zero-order chi connectivity index (χ0) is 25.7. The summed E-state index contributed by atoms with van der Waals surface area (Å²) in [7, 11) is 5.32. The number of amides is 2. The van der Waals surface area contributed by atoms with Crippen LogP contribution >= 0.6 is 0 Å². The van der Waals surface area contributed by atoms with E-state index in [1.807, 2.05) is 11.9 Å². The Bertz CT molecular complexity index is 984. The molecule has 1 aliphatic carbocycles. The number of rotatable bonds is 1. The second kappa shape index (κ2) is 11.6. The van der Waals surface area contributed by atoms with Crippen molar-refractivity contribution in [1.82, 2.24) is 9.80 Å². The number of nitrogens with zero attached hydrogens (tertiary/aromatic N) is 3. The van der Waals surface area contributed by atoms with Crippen LogP contribution in [0.4, 0.5) is 0 Å². The lowest BCUT2D eigenvalue weighted by atomic mass is 9.71. The molecule has 2 fully saturated rings. The fourth-order valence-electron chi connectivity index (χ4n) is 6.07. The lowest BCUT2D eigenvalue weighted by Gasteiger charge is -2.41. The van der Waals surface area contributed by atoms with Gasteiger partial charge in [-0.3, -0.25) is 9.59 Å². The van der Waals surface area contributed by atoms with E-state index in [1.165, 1.54) is 0 Å². The van der Waals surface area contributed by atoms with Crippen molar-refractivity contribution in [2.24, 2.45) is 5.41 Å². The molecule has 1 aromatic rings. The van der Waals surface area contributed by atoms with E-state index in [4.69, 9.17) is 14.2 Å². The maximum atomic E-state index is 13.7. The molecule has 8 nitrogen and oxygen atoms in total. The largest absolute Gasteiger partial charge is 0.489 e. The van der Waals surface area contributed by atoms with Gasteiger partial charge < -0.3 is 24.0 Å². The number of fused-ring (bicyclic) bond motifs is 3. The minimum atomic E-state index is -0.333. The molecule has 2 heterocycles. The van der Waals surface area contributed by atoms with E-state index in [1.54, 1.807) is 37.3 Å². The summed E-state index contributed by atoms with van der Waals surface area (Å²) < 4.78 is 18.2. The molecule has 196 valence electrons. The van der Waals surface area contributed by atoms with E-state index >= 15 is 0 Å². The highest BCUT2D eigenvalue weighted by atomic mass is 16.6. The van der Waals surface area contributed by atoms with Crippen LogP contribution in [0.15, 0.2) is 18.2 Å². The molecule has 1 spiro atoms. The molecule has 2 amide bonds. The van der Waals surface area contributed by atoms with Crippen molar-refractivity contribution in [3.8, 4) is 11.8 Å². The Kier molecular flexibility index (Phi) is 8.53. The van der Waals surface area contributed by atoms with Crippen molar-refractivity contribution in [2.75, 3.05) is 40.9 Å². The molecule has 0 N–H and O–H groups in total. The third-order valence-corrected chi connectivity index (χ3v) is 8.19. The predicted octanol–water partition coefficient (Wildman–Crippen LogP) is 3.77. The monoisotopic (exact) mass is 497 g/mol. The van der Waals surface area contributed by atoms with Crippen molar-refractivity contribution in [1.29, 1.82) is 5.26 Å². The van der Waals surface area contributed by atoms with Gasteiger partial charge in [0.2, 0.25) is 5.91 Å². The Morgan fingerprint density at radius 2 is 1.86 bits per heavy atom. The molecule has 0 unspecified atom stereocenters. The van der Waals surface area contributed by atoms with E-state index in [0.717, 1.165) is 51.4 Å². The number of ether oxygens (including phenoxy) is 3. The Morgan fingerprint density at radius 3 is 2.58 bits per heavy atom. The maximum absolute atomic E-state index is 13.7. The van der Waals surface area contributed by atoms with Gasteiger partial charge in [0.05, 0.1) is 23.3 Å². The third kappa shape index (κ3) is 5.84. The number of methoxy groups -OCH3 is 1. The average molecular weight is 498 g/mol. The van der Waals surface area contributed by atoms with Crippen LogP contribution in [0.25, 0.3) is 0 Å². The number of hydrogen-bond donors (Lipinski definition) is 0. The molecule has 2 aliphatic heterocycles. The Balaban J connectivity index is 1.69. The van der Waals surface area contributed by atoms with Gasteiger partial charge in [0, 0.05) is 40.7 Å². The molecule has 4 rings (SSSR count). The molecular formula is C28H39N3O5. The molecule has 1 aromatic carbocycles. The molecule has 3 atom stereocenters. The van der Waals surface area contributed by atoms with Gasteiger partial charge in [-0.15, -0.1) is 0 Å². The van der Waals surface area contributed by atoms with E-state index in [9.17, 15) is 14.9 Å². The quantitative estimate of drug-likeness (QED) is 0.587. The Morgan fingerprint density at radius 1 is 1.08 bits per heavy atom. The first-order valence-corrected chi connectivity index (χ1v) is 13.2. The summed E-state index contributed by atoms with van der Waals surface area (Å²) in [5.41, 5.74) is 0.442. The first-order valence-electron chi connectivity index (χ1n) is 13.2. The molecule has 0 radical (unpaired) electrons. The molecular weight excluding hydrogens is 458 g/mol. The van der Waals surface area contributed by atoms with E-state index in [0.29, 0.717) is 30.6 Å². The normalized spacial score (nSPS) is 27.8. The lowest BCUT2D eigenvalue weighted by molar-refractivity contribution is -0.146. The van der Waals surface area contributed by atoms with Crippen LogP contribution in [0.5, 0.6) is 5.75 Å². The molecule has 8 heteroatoms. The second-order valence-corrected chi connectivity index (χ2v) is 10.8. The molecule has 2 bridgehead atoms. The fourth-order valence-corrected chi connectivity index (χ4v) is 6.07. The van der Waals surface area contributed by atoms with Crippen LogP contribution in [-0.4, -0.2) is 80.8 Å². The van der Waals surface area contributed by atoms with Crippen molar-refractivity contribution in [3.63, 3.8) is 0 Å². The Labute approximate surface area is 214 Å². The smallest absolute Gasteiger partial charge is 0.257 e. The first kappa shape index (κ1) is 26.4. The Hall–Kier alpha value is -2.63. The zero-order valence-corrected chi connectivity index (χ0v) is 21.8. The SMILES string of the molecule is CO[C@H]1CC[C@@H]2CCN(C)C(=O)CC3(CCCCC3)CN(C)C(=O)c3cccc(C#N)c3OC[C@H]1O2. The van der Waals surface area contributed by atoms with E-state index < -0.39 is 0 Å². The highest BCUT2D eigenvalue weighted by Crippen LogP contribution is 2.41. The van der Waals surface area contributed by atoms with Crippen molar-refractivity contribution in [3.05, 3.63) is 29.3 Å². The fraction of sp³-hybridized carbons (Fsp3) is 0.679. The summed E-state index contributed by atoms with van der Waals surface area (Å²) in [6.45, 7) is 1.30. The van der Waals surface area contributed by atoms with Crippen molar-refractivity contribution >= 4 is 11.8 Å². The summed E-state index contributed by atoms with van der Waals surface area (Å²) in [5, 5.41) is 9.76. The highest BCUT2D eigenvalue weighted by molar-refractivity contribution is 5.97. The zero-order valence-electron chi connectivity index (χ0n) is 21.8. The standard InChI is InChI=1S/C28H39N3O5/c1-30-15-12-21-10-11-23(34-3)24(36-21)18-35-26-20(17-29)8-7-9-22(26)27(33)31(2)19-28(16-25(30)32)13-5-4-6-14-28/h7-9,21,23-24H,4-6,10-16,18-19H2,1-3H3/t21-,23+,24-/m1/s1.